The lowest BCUT2D eigenvalue weighted by atomic mass is 9.53. The Morgan fingerprint density at radius 2 is 1.65 bits per heavy atom. The van der Waals surface area contributed by atoms with Crippen molar-refractivity contribution in [3.63, 3.8) is 0 Å². The fourth-order valence-corrected chi connectivity index (χ4v) is 3.78. The number of benzene rings is 1. The lowest BCUT2D eigenvalue weighted by Crippen LogP contribution is -2.44. The third kappa shape index (κ3) is 3.04. The standard InChI is InChI=1S/C21H26N2/c1-15(2)17-11-18(16-9-7-6-8-10-16)21(13-22,14-23)19(12-17)20(3,4)5/h6-11,15,18-19H,12H2,1-5H3/t18-,19-/m1/s1. The monoisotopic (exact) mass is 306 g/mol. The zero-order chi connectivity index (χ0) is 17.3. The molecular formula is C21H26N2. The largest absolute Gasteiger partial charge is 0.197 e. The molecule has 0 fully saturated rings. The zero-order valence-corrected chi connectivity index (χ0v) is 14.8. The molecule has 0 saturated carbocycles. The van der Waals surface area contributed by atoms with Crippen molar-refractivity contribution in [3.05, 3.63) is 47.5 Å². The molecule has 0 spiro atoms. The molecule has 0 bridgehead atoms. The summed E-state index contributed by atoms with van der Waals surface area (Å²) in [7, 11) is 0. The van der Waals surface area contributed by atoms with E-state index in [-0.39, 0.29) is 17.3 Å². The first-order valence-electron chi connectivity index (χ1n) is 8.34. The van der Waals surface area contributed by atoms with E-state index in [1.54, 1.807) is 0 Å². The Morgan fingerprint density at radius 3 is 2.09 bits per heavy atom. The number of nitriles is 2. The Hall–Kier alpha value is -2.06. The fraction of sp³-hybridized carbons (Fsp3) is 0.524. The van der Waals surface area contributed by atoms with Crippen molar-refractivity contribution in [3.8, 4) is 12.1 Å². The van der Waals surface area contributed by atoms with Gasteiger partial charge in [-0.1, -0.05) is 76.6 Å². The number of hydrogen-bond donors (Lipinski definition) is 0. The van der Waals surface area contributed by atoms with E-state index in [0.717, 1.165) is 12.0 Å². The van der Waals surface area contributed by atoms with Crippen molar-refractivity contribution in [1.29, 1.82) is 10.5 Å². The van der Waals surface area contributed by atoms with Crippen molar-refractivity contribution in [2.45, 2.75) is 47.0 Å². The van der Waals surface area contributed by atoms with E-state index in [4.69, 9.17) is 0 Å². The summed E-state index contributed by atoms with van der Waals surface area (Å²) >= 11 is 0. The van der Waals surface area contributed by atoms with Crippen molar-refractivity contribution < 1.29 is 0 Å². The van der Waals surface area contributed by atoms with Gasteiger partial charge in [0.25, 0.3) is 0 Å². The Labute approximate surface area is 140 Å². The van der Waals surface area contributed by atoms with Gasteiger partial charge in [-0.05, 0) is 23.3 Å². The first-order chi connectivity index (χ1) is 10.8. The smallest absolute Gasteiger partial charge is 0.157 e. The summed E-state index contributed by atoms with van der Waals surface area (Å²) in [5, 5.41) is 20.1. The lowest BCUT2D eigenvalue weighted by molar-refractivity contribution is 0.119. The quantitative estimate of drug-likeness (QED) is 0.682. The average Bonchev–Trinajstić information content (AvgIpc) is 2.53. The van der Waals surface area contributed by atoms with Crippen LogP contribution in [0.1, 0.15) is 52.5 Å². The van der Waals surface area contributed by atoms with Crippen LogP contribution in [-0.2, 0) is 0 Å². The maximum Gasteiger partial charge on any atom is 0.157 e. The molecule has 1 aromatic carbocycles. The van der Waals surface area contributed by atoms with Crippen molar-refractivity contribution in [2.24, 2.45) is 22.7 Å². The van der Waals surface area contributed by atoms with E-state index >= 15 is 0 Å². The van der Waals surface area contributed by atoms with Gasteiger partial charge >= 0.3 is 0 Å². The summed E-state index contributed by atoms with van der Waals surface area (Å²) in [6, 6.07) is 14.9. The van der Waals surface area contributed by atoms with E-state index in [1.807, 2.05) is 30.3 Å². The first-order valence-corrected chi connectivity index (χ1v) is 8.34. The Morgan fingerprint density at radius 1 is 1.09 bits per heavy atom. The van der Waals surface area contributed by atoms with Gasteiger partial charge in [0.2, 0.25) is 0 Å². The molecule has 0 heterocycles. The van der Waals surface area contributed by atoms with E-state index in [2.05, 4.69) is 52.8 Å². The summed E-state index contributed by atoms with van der Waals surface area (Å²) in [6.45, 7) is 10.8. The topological polar surface area (TPSA) is 47.6 Å². The fourth-order valence-electron chi connectivity index (χ4n) is 3.78. The highest BCUT2D eigenvalue weighted by Crippen LogP contribution is 2.55. The van der Waals surface area contributed by atoms with Crippen LogP contribution in [-0.4, -0.2) is 0 Å². The molecule has 1 aliphatic carbocycles. The highest BCUT2D eigenvalue weighted by atomic mass is 14.6. The van der Waals surface area contributed by atoms with Crippen molar-refractivity contribution >= 4 is 0 Å². The van der Waals surface area contributed by atoms with Gasteiger partial charge in [0.15, 0.2) is 5.41 Å². The predicted octanol–water partition coefficient (Wildman–Crippen LogP) is 5.45. The third-order valence-corrected chi connectivity index (χ3v) is 5.18. The molecule has 0 radical (unpaired) electrons. The molecule has 2 atom stereocenters. The van der Waals surface area contributed by atoms with E-state index in [1.165, 1.54) is 5.57 Å². The molecule has 23 heavy (non-hydrogen) atoms. The molecule has 2 heteroatoms. The number of hydrogen-bond acceptors (Lipinski definition) is 2. The van der Waals surface area contributed by atoms with Gasteiger partial charge in [-0.15, -0.1) is 0 Å². The van der Waals surface area contributed by atoms with Crippen LogP contribution in [0.4, 0.5) is 0 Å². The number of rotatable bonds is 2. The minimum Gasteiger partial charge on any atom is -0.197 e. The van der Waals surface area contributed by atoms with Gasteiger partial charge < -0.3 is 0 Å². The number of nitrogens with zero attached hydrogens (tertiary/aromatic N) is 2. The van der Waals surface area contributed by atoms with Crippen LogP contribution in [0.25, 0.3) is 0 Å². The molecule has 0 unspecified atom stereocenters. The molecule has 0 aliphatic heterocycles. The molecule has 0 aromatic heterocycles. The first kappa shape index (κ1) is 17.3. The molecule has 0 N–H and O–H groups in total. The summed E-state index contributed by atoms with van der Waals surface area (Å²) < 4.78 is 0. The summed E-state index contributed by atoms with van der Waals surface area (Å²) in [5.41, 5.74) is 1.30. The minimum absolute atomic E-state index is 0.0117. The zero-order valence-electron chi connectivity index (χ0n) is 14.8. The molecule has 2 nitrogen and oxygen atoms in total. The second kappa shape index (κ2) is 6.21. The molecule has 1 aliphatic rings. The van der Waals surface area contributed by atoms with Crippen LogP contribution in [0.2, 0.25) is 0 Å². The van der Waals surface area contributed by atoms with Crippen LogP contribution in [0.3, 0.4) is 0 Å². The highest BCUT2D eigenvalue weighted by molar-refractivity contribution is 5.41. The second-order valence-corrected chi connectivity index (χ2v) is 8.00. The van der Waals surface area contributed by atoms with Gasteiger partial charge in [-0.3, -0.25) is 0 Å². The van der Waals surface area contributed by atoms with E-state index in [0.29, 0.717) is 5.92 Å². The molecule has 120 valence electrons. The maximum absolute atomic E-state index is 10.0. The lowest BCUT2D eigenvalue weighted by Gasteiger charge is -2.46. The summed E-state index contributed by atoms with van der Waals surface area (Å²) in [4.78, 5) is 0. The highest BCUT2D eigenvalue weighted by Gasteiger charge is 2.53. The van der Waals surface area contributed by atoms with Crippen LogP contribution < -0.4 is 0 Å². The van der Waals surface area contributed by atoms with Crippen molar-refractivity contribution in [1.82, 2.24) is 0 Å². The Kier molecular flexibility index (Phi) is 4.67. The van der Waals surface area contributed by atoms with Gasteiger partial charge in [-0.2, -0.15) is 10.5 Å². The Balaban J connectivity index is 2.70. The summed E-state index contributed by atoms with van der Waals surface area (Å²) in [5.74, 6) is 0.271. The van der Waals surface area contributed by atoms with Gasteiger partial charge in [0.05, 0.1) is 12.1 Å². The van der Waals surface area contributed by atoms with E-state index in [9.17, 15) is 10.5 Å². The molecule has 2 rings (SSSR count). The Bertz CT molecular complexity index is 649. The maximum atomic E-state index is 10.0. The predicted molar refractivity (Wildman–Crippen MR) is 93.3 cm³/mol. The molecule has 1 aromatic rings. The molecule has 0 amide bonds. The third-order valence-electron chi connectivity index (χ3n) is 5.18. The SMILES string of the molecule is CC(C)C1=C[C@H](c2ccccc2)C(C#N)(C#N)[C@@H](C(C)(C)C)C1. The van der Waals surface area contributed by atoms with Crippen molar-refractivity contribution in [2.75, 3.05) is 0 Å². The normalized spacial score (nSPS) is 23.7. The van der Waals surface area contributed by atoms with Gasteiger partial charge in [0.1, 0.15) is 0 Å². The minimum atomic E-state index is -1.02. The van der Waals surface area contributed by atoms with Gasteiger partial charge in [0, 0.05) is 11.8 Å². The molecular weight excluding hydrogens is 280 g/mol. The van der Waals surface area contributed by atoms with Crippen LogP contribution >= 0.6 is 0 Å². The van der Waals surface area contributed by atoms with Gasteiger partial charge in [-0.25, -0.2) is 0 Å². The average molecular weight is 306 g/mol. The van der Waals surface area contributed by atoms with Crippen LogP contribution in [0.5, 0.6) is 0 Å². The van der Waals surface area contributed by atoms with E-state index < -0.39 is 5.41 Å². The number of allylic oxidation sites excluding steroid dienone is 2. The van der Waals surface area contributed by atoms with Crippen LogP contribution in [0, 0.1) is 45.3 Å². The second-order valence-electron chi connectivity index (χ2n) is 8.00. The molecule has 0 saturated heterocycles. The summed E-state index contributed by atoms with van der Waals surface area (Å²) in [6.07, 6.45) is 3.01. The van der Waals surface area contributed by atoms with Crippen LogP contribution in [0.15, 0.2) is 42.0 Å².